The highest BCUT2D eigenvalue weighted by atomic mass is 32.2. The van der Waals surface area contributed by atoms with Crippen LogP contribution in [0.2, 0.25) is 0 Å². The Labute approximate surface area is 122 Å². The average molecular weight is 332 g/mol. The second-order valence-electron chi connectivity index (χ2n) is 3.76. The van der Waals surface area contributed by atoms with E-state index < -0.39 is 41.4 Å². The third-order valence-electron chi connectivity index (χ3n) is 2.33. The number of carbonyl (C=O) groups is 1. The summed E-state index contributed by atoms with van der Waals surface area (Å²) in [6.45, 7) is 1.26. The molecule has 0 spiro atoms. The van der Waals surface area contributed by atoms with Gasteiger partial charge >= 0.3 is 5.97 Å². The summed E-state index contributed by atoms with van der Waals surface area (Å²) in [5, 5.41) is 13.9. The topological polar surface area (TPSA) is 144 Å². The van der Waals surface area contributed by atoms with Gasteiger partial charge in [-0.05, 0) is 25.1 Å². The number of carboxylic acid groups (broad SMARTS) is 1. The van der Waals surface area contributed by atoms with Crippen molar-refractivity contribution in [1.82, 2.24) is 4.72 Å². The average Bonchev–Trinajstić information content (AvgIpc) is 2.37. The van der Waals surface area contributed by atoms with Crippen molar-refractivity contribution in [3.63, 3.8) is 0 Å². The van der Waals surface area contributed by atoms with E-state index in [0.29, 0.717) is 6.07 Å². The Kier molecular flexibility index (Phi) is 5.08. The second kappa shape index (κ2) is 6.23. The Morgan fingerprint density at radius 3 is 2.43 bits per heavy atom. The van der Waals surface area contributed by atoms with Gasteiger partial charge in [-0.1, -0.05) is 5.92 Å². The molecule has 0 aliphatic rings. The van der Waals surface area contributed by atoms with Crippen molar-refractivity contribution in [1.29, 1.82) is 0 Å². The summed E-state index contributed by atoms with van der Waals surface area (Å²) in [6, 6.07) is 2.48. The van der Waals surface area contributed by atoms with E-state index in [9.17, 15) is 21.6 Å². The lowest BCUT2D eigenvalue weighted by atomic mass is 10.2. The first-order valence-corrected chi connectivity index (χ1v) is 8.42. The normalized spacial score (nSPS) is 11.5. The highest BCUT2D eigenvalue weighted by Crippen LogP contribution is 2.20. The van der Waals surface area contributed by atoms with Crippen LogP contribution in [0.3, 0.4) is 0 Å². The summed E-state index contributed by atoms with van der Waals surface area (Å²) in [4.78, 5) is 9.86. The molecule has 0 heterocycles. The smallest absolute Gasteiger partial charge is 0.337 e. The summed E-state index contributed by atoms with van der Waals surface area (Å²) >= 11 is 0. The summed E-state index contributed by atoms with van der Waals surface area (Å²) in [6.07, 6.45) is 0. The number of benzene rings is 1. The number of carboxylic acids is 1. The van der Waals surface area contributed by atoms with Crippen LogP contribution in [0.25, 0.3) is 0 Å². The molecular formula is C11H12N2O6S2. The predicted octanol–water partition coefficient (Wildman–Crippen LogP) is -0.666. The minimum atomic E-state index is -4.24. The Morgan fingerprint density at radius 2 is 1.95 bits per heavy atom. The molecule has 0 radical (unpaired) electrons. The van der Waals surface area contributed by atoms with Crippen molar-refractivity contribution in [2.45, 2.75) is 16.7 Å². The lowest BCUT2D eigenvalue weighted by Crippen LogP contribution is -2.26. The molecule has 0 bridgehead atoms. The van der Waals surface area contributed by atoms with Gasteiger partial charge in [0.1, 0.15) is 0 Å². The van der Waals surface area contributed by atoms with Crippen LogP contribution in [0.5, 0.6) is 0 Å². The fourth-order valence-electron chi connectivity index (χ4n) is 1.38. The molecule has 0 unspecified atom stereocenters. The molecule has 0 aliphatic heterocycles. The Bertz CT molecular complexity index is 831. The highest BCUT2D eigenvalue weighted by Gasteiger charge is 2.24. The molecule has 0 saturated carbocycles. The number of hydrogen-bond donors (Lipinski definition) is 3. The zero-order chi connectivity index (χ0) is 16.3. The molecule has 0 atom stereocenters. The molecule has 0 fully saturated rings. The molecule has 10 heteroatoms. The minimum absolute atomic E-state index is 0.239. The monoisotopic (exact) mass is 332 g/mol. The number of nitrogens with two attached hydrogens (primary N) is 1. The first-order valence-electron chi connectivity index (χ1n) is 5.39. The Hall–Kier alpha value is -1.93. The minimum Gasteiger partial charge on any atom is -0.478 e. The first kappa shape index (κ1) is 17.1. The van der Waals surface area contributed by atoms with Gasteiger partial charge in [0.05, 0.1) is 21.9 Å². The fourth-order valence-corrected chi connectivity index (χ4v) is 3.14. The maximum atomic E-state index is 12.0. The molecule has 0 amide bonds. The summed E-state index contributed by atoms with van der Waals surface area (Å²) in [7, 11) is -8.41. The lowest BCUT2D eigenvalue weighted by Gasteiger charge is -2.09. The van der Waals surface area contributed by atoms with E-state index >= 15 is 0 Å². The van der Waals surface area contributed by atoms with E-state index in [2.05, 4.69) is 11.8 Å². The molecule has 8 nitrogen and oxygen atoms in total. The van der Waals surface area contributed by atoms with Crippen LogP contribution in [0.4, 0.5) is 0 Å². The zero-order valence-corrected chi connectivity index (χ0v) is 12.5. The van der Waals surface area contributed by atoms with E-state index in [1.165, 1.54) is 6.92 Å². The number of aromatic carboxylic acids is 1. The summed E-state index contributed by atoms with van der Waals surface area (Å²) < 4.78 is 48.6. The van der Waals surface area contributed by atoms with Crippen LogP contribution < -0.4 is 9.86 Å². The van der Waals surface area contributed by atoms with Gasteiger partial charge < -0.3 is 5.11 Å². The quantitative estimate of drug-likeness (QED) is 0.610. The van der Waals surface area contributed by atoms with E-state index in [-0.39, 0.29) is 6.54 Å². The number of rotatable bonds is 5. The van der Waals surface area contributed by atoms with Gasteiger partial charge in [0.25, 0.3) is 0 Å². The Balaban J connectivity index is 3.49. The zero-order valence-electron chi connectivity index (χ0n) is 10.8. The maximum Gasteiger partial charge on any atom is 0.337 e. The predicted molar refractivity (Wildman–Crippen MR) is 73.4 cm³/mol. The molecule has 1 rings (SSSR count). The van der Waals surface area contributed by atoms with Crippen molar-refractivity contribution in [3.05, 3.63) is 23.8 Å². The largest absolute Gasteiger partial charge is 0.478 e. The lowest BCUT2D eigenvalue weighted by molar-refractivity contribution is 0.0692. The van der Waals surface area contributed by atoms with Crippen LogP contribution in [-0.4, -0.2) is 34.5 Å². The van der Waals surface area contributed by atoms with Crippen molar-refractivity contribution in [2.24, 2.45) is 5.14 Å². The molecule has 1 aromatic rings. The Morgan fingerprint density at radius 1 is 1.33 bits per heavy atom. The number of hydrogen-bond acceptors (Lipinski definition) is 5. The fraction of sp³-hybridized carbons (Fsp3) is 0.182. The molecule has 4 N–H and O–H groups in total. The number of nitrogens with one attached hydrogen (secondary N) is 1. The van der Waals surface area contributed by atoms with Crippen LogP contribution in [-0.2, 0) is 20.0 Å². The van der Waals surface area contributed by atoms with Gasteiger partial charge in [-0.2, -0.15) is 4.72 Å². The third-order valence-corrected chi connectivity index (χ3v) is 4.68. The van der Waals surface area contributed by atoms with Crippen molar-refractivity contribution >= 4 is 26.0 Å². The van der Waals surface area contributed by atoms with E-state index in [1.807, 2.05) is 4.72 Å². The van der Waals surface area contributed by atoms with Crippen LogP contribution in [0.15, 0.2) is 28.0 Å². The van der Waals surface area contributed by atoms with Crippen LogP contribution >= 0.6 is 0 Å². The number of sulfonamides is 2. The molecule has 1 aromatic carbocycles. The van der Waals surface area contributed by atoms with E-state index in [1.54, 1.807) is 0 Å². The van der Waals surface area contributed by atoms with Gasteiger partial charge in [0.15, 0.2) is 0 Å². The summed E-state index contributed by atoms with van der Waals surface area (Å²) in [5.41, 5.74) is -0.570. The van der Waals surface area contributed by atoms with Crippen molar-refractivity contribution in [2.75, 3.05) is 6.54 Å². The van der Waals surface area contributed by atoms with Gasteiger partial charge in [-0.3, -0.25) is 0 Å². The maximum absolute atomic E-state index is 12.0. The van der Waals surface area contributed by atoms with Crippen molar-refractivity contribution < 1.29 is 26.7 Å². The van der Waals surface area contributed by atoms with Crippen LogP contribution in [0, 0.1) is 11.8 Å². The van der Waals surface area contributed by atoms with Gasteiger partial charge in [0, 0.05) is 0 Å². The molecule has 0 aromatic heterocycles. The molecule has 0 aliphatic carbocycles. The third kappa shape index (κ3) is 4.27. The number of primary sulfonamides is 1. The molecule has 21 heavy (non-hydrogen) atoms. The van der Waals surface area contributed by atoms with Crippen molar-refractivity contribution in [3.8, 4) is 11.8 Å². The van der Waals surface area contributed by atoms with E-state index in [4.69, 9.17) is 10.2 Å². The standard InChI is InChI=1S/C11H12N2O6S2/c1-2-3-6-13-21(18,19)10-7-8(20(12,16)17)4-5-9(10)11(14)15/h4-5,7,13H,6H2,1H3,(H,14,15)(H2,12,16,17). The highest BCUT2D eigenvalue weighted by molar-refractivity contribution is 7.90. The second-order valence-corrected chi connectivity index (χ2v) is 7.06. The van der Waals surface area contributed by atoms with E-state index in [0.717, 1.165) is 12.1 Å². The SMILES string of the molecule is CC#CCNS(=O)(=O)c1cc(S(N)(=O)=O)ccc1C(=O)O. The molecular weight excluding hydrogens is 320 g/mol. The van der Waals surface area contributed by atoms with Gasteiger partial charge in [-0.15, -0.1) is 5.92 Å². The van der Waals surface area contributed by atoms with Crippen LogP contribution in [0.1, 0.15) is 17.3 Å². The first-order chi connectivity index (χ1) is 9.59. The van der Waals surface area contributed by atoms with Gasteiger partial charge in [-0.25, -0.2) is 26.8 Å². The summed E-state index contributed by atoms with van der Waals surface area (Å²) in [5.74, 6) is 3.38. The molecule has 0 saturated heterocycles. The van der Waals surface area contributed by atoms with Gasteiger partial charge in [0.2, 0.25) is 20.0 Å². The molecule has 114 valence electrons.